The third-order valence-corrected chi connectivity index (χ3v) is 7.13. The highest BCUT2D eigenvalue weighted by Crippen LogP contribution is 2.36. The summed E-state index contributed by atoms with van der Waals surface area (Å²) in [7, 11) is 0. The van der Waals surface area contributed by atoms with Gasteiger partial charge in [0, 0.05) is 38.1 Å². The molecule has 2 fully saturated rings. The Labute approximate surface area is 209 Å². The zero-order chi connectivity index (χ0) is 26.1. The number of nitrogens with zero attached hydrogens (tertiary/aromatic N) is 4. The average Bonchev–Trinajstić information content (AvgIpc) is 3.38. The van der Waals surface area contributed by atoms with Gasteiger partial charge in [-0.2, -0.15) is 4.39 Å². The highest BCUT2D eigenvalue weighted by atomic mass is 19.3. The second kappa shape index (κ2) is 10.4. The number of anilines is 1. The summed E-state index contributed by atoms with van der Waals surface area (Å²) in [5.41, 5.74) is 0.154. The number of halogens is 4. The summed E-state index contributed by atoms with van der Waals surface area (Å²) >= 11 is 0. The number of alkyl halides is 2. The van der Waals surface area contributed by atoms with Gasteiger partial charge in [0.15, 0.2) is 0 Å². The summed E-state index contributed by atoms with van der Waals surface area (Å²) in [5, 5.41) is 2.25. The third-order valence-electron chi connectivity index (χ3n) is 7.13. The Kier molecular flexibility index (Phi) is 7.09. The van der Waals surface area contributed by atoms with E-state index < -0.39 is 30.6 Å². The first-order valence-electron chi connectivity index (χ1n) is 12.2. The van der Waals surface area contributed by atoms with Crippen LogP contribution < -0.4 is 15.8 Å². The number of carbonyl (C=O) groups excluding carboxylic acids is 1. The van der Waals surface area contributed by atoms with E-state index in [-0.39, 0.29) is 28.2 Å². The molecule has 0 bridgehead atoms. The SMILES string of the molecule is O=C(NCC(F)F)c1ccc(N2CCN([C@@H]3CC[C@@H](c4nc5ccc(F)cc5c(=O)[nH]4)C3)CC2)c(F)n1. The van der Waals surface area contributed by atoms with E-state index in [2.05, 4.69) is 19.9 Å². The van der Waals surface area contributed by atoms with Crippen LogP contribution in [0, 0.1) is 11.8 Å². The fourth-order valence-electron chi connectivity index (χ4n) is 5.24. The van der Waals surface area contributed by atoms with Gasteiger partial charge in [-0.3, -0.25) is 14.5 Å². The zero-order valence-corrected chi connectivity index (χ0v) is 19.9. The molecule has 3 aromatic rings. The molecule has 2 aliphatic rings. The standard InChI is InChI=1S/C25H26F4N6O2/c26-15-2-4-18-17(12-15)24(36)33-23(32-18)14-1-3-16(11-14)34-7-9-35(10-8-34)20-6-5-19(31-22(20)29)25(37)30-13-21(27)28/h2,4-6,12,14,16,21H,1,3,7-11,13H2,(H,30,37)(H,32,33,36)/t14-,16-/m1/s1. The maximum absolute atomic E-state index is 14.6. The van der Waals surface area contributed by atoms with Crippen molar-refractivity contribution in [1.82, 2.24) is 25.2 Å². The van der Waals surface area contributed by atoms with E-state index in [9.17, 15) is 27.2 Å². The fraction of sp³-hybridized carbons (Fsp3) is 0.440. The zero-order valence-electron chi connectivity index (χ0n) is 19.9. The molecule has 8 nitrogen and oxygen atoms in total. The number of aromatic nitrogens is 3. The van der Waals surface area contributed by atoms with E-state index in [1.165, 1.54) is 30.3 Å². The topological polar surface area (TPSA) is 94.2 Å². The van der Waals surface area contributed by atoms with Crippen LogP contribution in [-0.2, 0) is 0 Å². The number of carbonyl (C=O) groups is 1. The van der Waals surface area contributed by atoms with Gasteiger partial charge < -0.3 is 15.2 Å². The van der Waals surface area contributed by atoms with E-state index in [0.29, 0.717) is 43.6 Å². The summed E-state index contributed by atoms with van der Waals surface area (Å²) in [5.74, 6) is -1.42. The number of nitrogens with one attached hydrogen (secondary N) is 2. The Morgan fingerprint density at radius 1 is 1.08 bits per heavy atom. The lowest BCUT2D eigenvalue weighted by Gasteiger charge is -2.39. The number of H-pyrrole nitrogens is 1. The molecule has 2 N–H and O–H groups in total. The first kappa shape index (κ1) is 25.1. The summed E-state index contributed by atoms with van der Waals surface area (Å²) in [6, 6.07) is 7.09. The molecule has 1 aliphatic heterocycles. The van der Waals surface area contributed by atoms with Crippen molar-refractivity contribution < 1.29 is 22.4 Å². The maximum atomic E-state index is 14.6. The van der Waals surface area contributed by atoms with Gasteiger partial charge in [0.25, 0.3) is 17.9 Å². The van der Waals surface area contributed by atoms with Crippen molar-refractivity contribution in [3.05, 3.63) is 64.0 Å². The lowest BCUT2D eigenvalue weighted by molar-refractivity contribution is 0.0886. The van der Waals surface area contributed by atoms with Gasteiger partial charge in [0.05, 0.1) is 23.1 Å². The minimum Gasteiger partial charge on any atom is -0.365 e. The van der Waals surface area contributed by atoms with Crippen molar-refractivity contribution in [2.45, 2.75) is 37.6 Å². The first-order chi connectivity index (χ1) is 17.8. The molecule has 1 saturated carbocycles. The number of rotatable bonds is 6. The molecule has 37 heavy (non-hydrogen) atoms. The van der Waals surface area contributed by atoms with Crippen LogP contribution in [0.1, 0.15) is 41.5 Å². The molecule has 1 aromatic carbocycles. The molecular formula is C25H26F4N6O2. The average molecular weight is 519 g/mol. The number of hydrogen-bond acceptors (Lipinski definition) is 6. The van der Waals surface area contributed by atoms with Crippen molar-refractivity contribution in [3.8, 4) is 0 Å². The number of piperazine rings is 1. The van der Waals surface area contributed by atoms with E-state index >= 15 is 0 Å². The Morgan fingerprint density at radius 3 is 2.59 bits per heavy atom. The fourth-order valence-corrected chi connectivity index (χ4v) is 5.24. The molecule has 2 aromatic heterocycles. The van der Waals surface area contributed by atoms with Crippen molar-refractivity contribution in [3.63, 3.8) is 0 Å². The van der Waals surface area contributed by atoms with Crippen LogP contribution in [0.3, 0.4) is 0 Å². The number of fused-ring (bicyclic) bond motifs is 1. The summed E-state index contributed by atoms with van der Waals surface area (Å²) in [6.07, 6.45) is -0.0624. The van der Waals surface area contributed by atoms with Crippen LogP contribution in [0.5, 0.6) is 0 Å². The van der Waals surface area contributed by atoms with Crippen LogP contribution >= 0.6 is 0 Å². The predicted molar refractivity (Wildman–Crippen MR) is 129 cm³/mol. The maximum Gasteiger partial charge on any atom is 0.270 e. The first-order valence-corrected chi connectivity index (χ1v) is 12.2. The number of hydrogen-bond donors (Lipinski definition) is 2. The van der Waals surface area contributed by atoms with Gasteiger partial charge in [0.2, 0.25) is 5.95 Å². The monoisotopic (exact) mass is 518 g/mol. The minimum atomic E-state index is -2.70. The van der Waals surface area contributed by atoms with E-state index in [0.717, 1.165) is 19.3 Å². The molecule has 3 heterocycles. The van der Waals surface area contributed by atoms with E-state index in [4.69, 9.17) is 0 Å². The lowest BCUT2D eigenvalue weighted by atomic mass is 10.1. The molecule has 0 unspecified atom stereocenters. The molecule has 1 amide bonds. The molecule has 0 spiro atoms. The van der Waals surface area contributed by atoms with Gasteiger partial charge in [-0.25, -0.2) is 23.1 Å². The van der Waals surface area contributed by atoms with Crippen LogP contribution in [0.15, 0.2) is 35.1 Å². The van der Waals surface area contributed by atoms with Crippen LogP contribution in [0.2, 0.25) is 0 Å². The molecule has 1 saturated heterocycles. The van der Waals surface area contributed by atoms with Crippen LogP contribution in [0.25, 0.3) is 10.9 Å². The summed E-state index contributed by atoms with van der Waals surface area (Å²) < 4.78 is 52.7. The Bertz CT molecular complexity index is 1360. The Balaban J connectivity index is 1.19. The summed E-state index contributed by atoms with van der Waals surface area (Å²) in [4.78, 5) is 39.6. The summed E-state index contributed by atoms with van der Waals surface area (Å²) in [6.45, 7) is 1.71. The minimum absolute atomic E-state index is 0.0931. The van der Waals surface area contributed by atoms with Gasteiger partial charge in [-0.15, -0.1) is 0 Å². The number of aromatic amines is 1. The van der Waals surface area contributed by atoms with Gasteiger partial charge in [-0.05, 0) is 49.6 Å². The molecule has 196 valence electrons. The molecule has 0 radical (unpaired) electrons. The van der Waals surface area contributed by atoms with Crippen molar-refractivity contribution >= 4 is 22.5 Å². The number of amides is 1. The van der Waals surface area contributed by atoms with Crippen molar-refractivity contribution in [1.29, 1.82) is 0 Å². The predicted octanol–water partition coefficient (Wildman–Crippen LogP) is 3.05. The Morgan fingerprint density at radius 2 is 1.86 bits per heavy atom. The largest absolute Gasteiger partial charge is 0.365 e. The number of benzene rings is 1. The second-order valence-corrected chi connectivity index (χ2v) is 9.41. The third kappa shape index (κ3) is 5.43. The molecular weight excluding hydrogens is 492 g/mol. The second-order valence-electron chi connectivity index (χ2n) is 9.41. The van der Waals surface area contributed by atoms with E-state index in [1.54, 1.807) is 0 Å². The lowest BCUT2D eigenvalue weighted by Crippen LogP contribution is -2.50. The molecule has 1 aliphatic carbocycles. The van der Waals surface area contributed by atoms with E-state index in [1.807, 2.05) is 10.2 Å². The van der Waals surface area contributed by atoms with Gasteiger partial charge in [-0.1, -0.05) is 0 Å². The highest BCUT2D eigenvalue weighted by Gasteiger charge is 2.33. The molecule has 5 rings (SSSR count). The van der Waals surface area contributed by atoms with Gasteiger partial charge in [0.1, 0.15) is 17.3 Å². The van der Waals surface area contributed by atoms with Crippen LogP contribution in [0.4, 0.5) is 23.2 Å². The van der Waals surface area contributed by atoms with Gasteiger partial charge >= 0.3 is 0 Å². The molecule has 2 atom stereocenters. The number of pyridine rings is 1. The smallest absolute Gasteiger partial charge is 0.270 e. The van der Waals surface area contributed by atoms with Crippen molar-refractivity contribution in [2.24, 2.45) is 0 Å². The normalized spacial score (nSPS) is 20.6. The Hall–Kier alpha value is -3.54. The quantitative estimate of drug-likeness (QED) is 0.385. The van der Waals surface area contributed by atoms with Crippen molar-refractivity contribution in [2.75, 3.05) is 37.6 Å². The molecule has 12 heteroatoms. The van der Waals surface area contributed by atoms with Crippen LogP contribution in [-0.4, -0.2) is 71.0 Å². The highest BCUT2D eigenvalue weighted by molar-refractivity contribution is 5.92.